The number of likely N-dealkylation sites (tertiary alicyclic amines) is 1. The molecule has 0 bridgehead atoms. The molecule has 0 aromatic rings. The van der Waals surface area contributed by atoms with E-state index in [1.807, 2.05) is 0 Å². The van der Waals surface area contributed by atoms with Gasteiger partial charge in [0.2, 0.25) is 0 Å². The lowest BCUT2D eigenvalue weighted by molar-refractivity contribution is -0.176. The van der Waals surface area contributed by atoms with Crippen LogP contribution in [0.5, 0.6) is 0 Å². The average Bonchev–Trinajstić information content (AvgIpc) is 2.74. The molecule has 3 N–H and O–H groups in total. The van der Waals surface area contributed by atoms with Crippen molar-refractivity contribution in [3.05, 3.63) is 12.7 Å². The highest BCUT2D eigenvalue weighted by molar-refractivity contribution is 8.14. The Balaban J connectivity index is 1.75. The van der Waals surface area contributed by atoms with Crippen LogP contribution in [0.4, 0.5) is 0 Å². The molecule has 2 saturated heterocycles. The molecule has 19 heavy (non-hydrogen) atoms. The van der Waals surface area contributed by atoms with E-state index in [9.17, 15) is 15.3 Å². The van der Waals surface area contributed by atoms with Gasteiger partial charge in [-0.05, 0) is 6.42 Å². The lowest BCUT2D eigenvalue weighted by atomic mass is 9.95. The van der Waals surface area contributed by atoms with Crippen LogP contribution in [0.3, 0.4) is 0 Å². The first-order valence-electron chi connectivity index (χ1n) is 6.43. The van der Waals surface area contributed by atoms with Gasteiger partial charge in [0.1, 0.15) is 35.9 Å². The van der Waals surface area contributed by atoms with Crippen LogP contribution in [0.25, 0.3) is 0 Å². The Bertz CT molecular complexity index is 401. The van der Waals surface area contributed by atoms with E-state index in [1.165, 1.54) is 17.8 Å². The molecule has 0 spiro atoms. The fraction of sp³-hybridized carbons (Fsp3) is 0.750. The predicted octanol–water partition coefficient (Wildman–Crippen LogP) is -0.843. The molecule has 1 unspecified atom stereocenters. The Morgan fingerprint density at radius 1 is 1.42 bits per heavy atom. The molecule has 7 heteroatoms. The summed E-state index contributed by atoms with van der Waals surface area (Å²) in [4.78, 5) is 6.58. The van der Waals surface area contributed by atoms with E-state index < -0.39 is 30.5 Å². The fourth-order valence-corrected chi connectivity index (χ4v) is 3.72. The van der Waals surface area contributed by atoms with Gasteiger partial charge >= 0.3 is 0 Å². The maximum absolute atomic E-state index is 10.1. The molecule has 106 valence electrons. The summed E-state index contributed by atoms with van der Waals surface area (Å²) in [6.07, 6.45) is -1.58. The van der Waals surface area contributed by atoms with Gasteiger partial charge in [-0.2, -0.15) is 0 Å². The van der Waals surface area contributed by atoms with Crippen LogP contribution < -0.4 is 0 Å². The van der Waals surface area contributed by atoms with Crippen LogP contribution >= 0.6 is 11.8 Å². The highest BCUT2D eigenvalue weighted by Gasteiger charge is 2.50. The first kappa shape index (κ1) is 13.4. The van der Waals surface area contributed by atoms with Crippen LogP contribution in [0.1, 0.15) is 6.42 Å². The molecule has 6 nitrogen and oxygen atoms in total. The molecule has 0 radical (unpaired) electrons. The summed E-state index contributed by atoms with van der Waals surface area (Å²) in [7, 11) is 0. The zero-order valence-electron chi connectivity index (χ0n) is 10.4. The summed E-state index contributed by atoms with van der Waals surface area (Å²) < 4.78 is 5.69. The third kappa shape index (κ3) is 2.19. The monoisotopic (exact) mass is 286 g/mol. The van der Waals surface area contributed by atoms with E-state index in [0.29, 0.717) is 0 Å². The number of aliphatic hydroxyl groups excluding tert-OH is 3. The smallest absolute Gasteiger partial charge is 0.162 e. The number of aliphatic imine (C=N–C) groups is 1. The Morgan fingerprint density at radius 2 is 2.16 bits per heavy atom. The first-order valence-corrected chi connectivity index (χ1v) is 7.31. The summed E-state index contributed by atoms with van der Waals surface area (Å²) >= 11 is 1.45. The highest BCUT2D eigenvalue weighted by Crippen LogP contribution is 2.39. The van der Waals surface area contributed by atoms with Gasteiger partial charge in [-0.15, -0.1) is 6.58 Å². The molecule has 2 fully saturated rings. The van der Waals surface area contributed by atoms with Crippen LogP contribution in [0.15, 0.2) is 17.6 Å². The molecule has 3 rings (SSSR count). The minimum atomic E-state index is -1.16. The van der Waals surface area contributed by atoms with Gasteiger partial charge in [0.25, 0.3) is 0 Å². The van der Waals surface area contributed by atoms with Crippen molar-refractivity contribution in [2.24, 2.45) is 4.99 Å². The zero-order valence-corrected chi connectivity index (χ0v) is 11.2. The maximum atomic E-state index is 10.1. The number of thioether (sulfide) groups is 1. The standard InChI is InChI=1S/C12H18N2O4S/c1-2-6(15)10-9(17)8(16)7-11(18-10)19-12(13-7)14-4-3-5-14/h2,6-11,15-17H,1,3-5H2/t6?,7-,8-,9+,10-,11-/m1/s1. The predicted molar refractivity (Wildman–Crippen MR) is 71.9 cm³/mol. The summed E-state index contributed by atoms with van der Waals surface area (Å²) in [6.45, 7) is 5.43. The number of ether oxygens (including phenoxy) is 1. The Hall–Kier alpha value is -0.600. The number of aliphatic hydroxyl groups is 3. The highest BCUT2D eigenvalue weighted by atomic mass is 32.2. The number of hydrogen-bond acceptors (Lipinski definition) is 7. The minimum Gasteiger partial charge on any atom is -0.388 e. The number of hydrogen-bond donors (Lipinski definition) is 3. The van der Waals surface area contributed by atoms with E-state index >= 15 is 0 Å². The molecule has 3 aliphatic rings. The summed E-state index contributed by atoms with van der Waals surface area (Å²) in [5, 5.41) is 30.8. The molecular formula is C12H18N2O4S. The fourth-order valence-electron chi connectivity index (χ4n) is 2.45. The lowest BCUT2D eigenvalue weighted by Gasteiger charge is -2.39. The van der Waals surface area contributed by atoms with Gasteiger partial charge in [0.05, 0.1) is 0 Å². The number of rotatable bonds is 2. The van der Waals surface area contributed by atoms with E-state index in [1.54, 1.807) is 0 Å². The van der Waals surface area contributed by atoms with Gasteiger partial charge in [-0.25, -0.2) is 0 Å². The molecule has 0 aromatic carbocycles. The topological polar surface area (TPSA) is 85.5 Å². The van der Waals surface area contributed by atoms with E-state index in [0.717, 1.165) is 24.7 Å². The van der Waals surface area contributed by atoms with Crippen LogP contribution in [0.2, 0.25) is 0 Å². The van der Waals surface area contributed by atoms with Gasteiger partial charge in [0, 0.05) is 13.1 Å². The van der Waals surface area contributed by atoms with Crippen molar-refractivity contribution in [2.45, 2.75) is 42.3 Å². The minimum absolute atomic E-state index is 0.353. The zero-order chi connectivity index (χ0) is 13.6. The third-order valence-electron chi connectivity index (χ3n) is 3.79. The number of fused-ring (bicyclic) bond motifs is 1. The second kappa shape index (κ2) is 5.06. The van der Waals surface area contributed by atoms with Crippen molar-refractivity contribution in [1.29, 1.82) is 0 Å². The molecule has 6 atom stereocenters. The number of amidine groups is 1. The van der Waals surface area contributed by atoms with Gasteiger partial charge in [0.15, 0.2) is 5.17 Å². The van der Waals surface area contributed by atoms with Crippen molar-refractivity contribution in [3.8, 4) is 0 Å². The van der Waals surface area contributed by atoms with Gasteiger partial charge in [-0.3, -0.25) is 4.99 Å². The van der Waals surface area contributed by atoms with E-state index in [-0.39, 0.29) is 5.44 Å². The molecule has 0 amide bonds. The largest absolute Gasteiger partial charge is 0.388 e. The summed E-state index contributed by atoms with van der Waals surface area (Å²) in [5.41, 5.74) is -0.353. The van der Waals surface area contributed by atoms with Crippen LogP contribution in [0, 0.1) is 0 Å². The first-order chi connectivity index (χ1) is 9.11. The molecule has 0 aromatic heterocycles. The van der Waals surface area contributed by atoms with E-state index in [4.69, 9.17) is 4.74 Å². The molecular weight excluding hydrogens is 268 g/mol. The molecule has 3 heterocycles. The lowest BCUT2D eigenvalue weighted by Crippen LogP contribution is -2.57. The normalized spacial score (nSPS) is 43.2. The SMILES string of the molecule is C=CC(O)[C@H]1O[C@@H]2SC(N3CCC3)=N[C@@H]2[C@@H](O)[C@@H]1O. The van der Waals surface area contributed by atoms with Crippen molar-refractivity contribution in [1.82, 2.24) is 4.90 Å². The quantitative estimate of drug-likeness (QED) is 0.574. The van der Waals surface area contributed by atoms with Crippen molar-refractivity contribution in [3.63, 3.8) is 0 Å². The third-order valence-corrected chi connectivity index (χ3v) is 4.99. The second-order valence-electron chi connectivity index (χ2n) is 5.04. The summed E-state index contributed by atoms with van der Waals surface area (Å²) in [5.74, 6) is 0. The molecule has 0 saturated carbocycles. The maximum Gasteiger partial charge on any atom is 0.162 e. The summed E-state index contributed by atoms with van der Waals surface area (Å²) in [6, 6.07) is -0.469. The van der Waals surface area contributed by atoms with Crippen molar-refractivity contribution < 1.29 is 20.1 Å². The second-order valence-corrected chi connectivity index (χ2v) is 6.10. The van der Waals surface area contributed by atoms with Crippen molar-refractivity contribution in [2.75, 3.05) is 13.1 Å². The van der Waals surface area contributed by atoms with Gasteiger partial charge in [-0.1, -0.05) is 17.8 Å². The average molecular weight is 286 g/mol. The van der Waals surface area contributed by atoms with Crippen LogP contribution in [-0.4, -0.2) is 74.4 Å². The Labute approximate surface area is 115 Å². The Kier molecular flexibility index (Phi) is 3.57. The Morgan fingerprint density at radius 3 is 2.74 bits per heavy atom. The molecule has 3 aliphatic heterocycles. The van der Waals surface area contributed by atoms with Gasteiger partial charge < -0.3 is 25.0 Å². The van der Waals surface area contributed by atoms with Crippen molar-refractivity contribution >= 4 is 16.9 Å². The van der Waals surface area contributed by atoms with Crippen LogP contribution in [-0.2, 0) is 4.74 Å². The molecule has 0 aliphatic carbocycles. The number of nitrogens with zero attached hydrogens (tertiary/aromatic N) is 2. The van der Waals surface area contributed by atoms with E-state index in [2.05, 4.69) is 16.5 Å².